The number of hydrazine groups is 1. The normalized spacial score (nSPS) is 12.0. The number of hydrogen-bond acceptors (Lipinski definition) is 8. The van der Waals surface area contributed by atoms with Crippen molar-refractivity contribution in [3.05, 3.63) is 89.3 Å². The van der Waals surface area contributed by atoms with Crippen molar-refractivity contribution in [2.24, 2.45) is 16.7 Å². The number of nitrogens with two attached hydrogens (primary N) is 2. The van der Waals surface area contributed by atoms with Gasteiger partial charge < -0.3 is 15.2 Å². The van der Waals surface area contributed by atoms with Crippen molar-refractivity contribution in [3.8, 4) is 39.4 Å². The number of methoxy groups -OCH3 is 1. The molecule has 0 aliphatic heterocycles. The fraction of sp³-hybridized carbons (Fsp3) is 0.0800. The third-order valence-electron chi connectivity index (χ3n) is 5.07. The van der Waals surface area contributed by atoms with E-state index in [0.717, 1.165) is 16.0 Å². The molecule has 1 unspecified atom stereocenters. The van der Waals surface area contributed by atoms with Crippen LogP contribution in [0.1, 0.15) is 17.2 Å². The maximum atomic E-state index is 10.1. The van der Waals surface area contributed by atoms with Crippen LogP contribution < -0.4 is 26.6 Å². The van der Waals surface area contributed by atoms with Gasteiger partial charge >= 0.3 is 0 Å². The molecule has 0 amide bonds. The van der Waals surface area contributed by atoms with Crippen LogP contribution in [0.25, 0.3) is 21.7 Å². The number of rotatable bonds is 8. The molecule has 2 heterocycles. The molecule has 2 aromatic heterocycles. The van der Waals surface area contributed by atoms with Crippen LogP contribution in [0.3, 0.4) is 0 Å². The van der Waals surface area contributed by atoms with E-state index in [-0.39, 0.29) is 17.3 Å². The van der Waals surface area contributed by atoms with Crippen molar-refractivity contribution in [3.63, 3.8) is 0 Å². The number of pyridine rings is 1. The molecule has 0 aliphatic rings. The molecule has 0 fully saturated rings. The number of aromatic nitrogens is 1. The van der Waals surface area contributed by atoms with Gasteiger partial charge in [0.05, 0.1) is 17.7 Å². The first-order chi connectivity index (χ1) is 16.6. The number of hydrazone groups is 1. The van der Waals surface area contributed by atoms with Gasteiger partial charge in [0.25, 0.3) is 0 Å². The van der Waals surface area contributed by atoms with E-state index in [4.69, 9.17) is 26.0 Å². The molecule has 0 radical (unpaired) electrons. The highest BCUT2D eigenvalue weighted by Gasteiger charge is 2.24. The quantitative estimate of drug-likeness (QED) is 0.152. The smallest absolute Gasteiger partial charge is 0.234 e. The zero-order valence-electron chi connectivity index (χ0n) is 18.3. The first kappa shape index (κ1) is 22.8. The van der Waals surface area contributed by atoms with Crippen molar-refractivity contribution in [2.45, 2.75) is 6.10 Å². The molecule has 0 spiro atoms. The summed E-state index contributed by atoms with van der Waals surface area (Å²) in [5.41, 5.74) is 11.6. The number of thiophene rings is 1. The van der Waals surface area contributed by atoms with Gasteiger partial charge in [0.1, 0.15) is 17.4 Å². The molecule has 4 aromatic rings. The molecule has 8 nitrogen and oxygen atoms in total. The van der Waals surface area contributed by atoms with Crippen molar-refractivity contribution >= 4 is 17.2 Å². The van der Waals surface area contributed by atoms with Gasteiger partial charge in [-0.1, -0.05) is 48.5 Å². The van der Waals surface area contributed by atoms with Crippen molar-refractivity contribution in [1.82, 2.24) is 10.5 Å². The largest absolute Gasteiger partial charge is 0.497 e. The number of nitrogens with one attached hydrogen (secondary N) is 1. The Morgan fingerprint density at radius 3 is 2.50 bits per heavy atom. The summed E-state index contributed by atoms with van der Waals surface area (Å²) in [4.78, 5) is 5.63. The third kappa shape index (κ3) is 4.83. The van der Waals surface area contributed by atoms with Crippen LogP contribution in [-0.2, 0) is 0 Å². The topological polar surface area (TPSA) is 132 Å². The Hall–Kier alpha value is -4.39. The van der Waals surface area contributed by atoms with E-state index in [0.29, 0.717) is 17.0 Å². The van der Waals surface area contributed by atoms with Gasteiger partial charge in [-0.05, 0) is 35.2 Å². The second-order valence-electron chi connectivity index (χ2n) is 7.13. The molecule has 5 N–H and O–H groups in total. The fourth-order valence-corrected chi connectivity index (χ4v) is 4.12. The lowest BCUT2D eigenvalue weighted by Gasteiger charge is -2.20. The van der Waals surface area contributed by atoms with Gasteiger partial charge in [0.15, 0.2) is 11.9 Å². The SMILES string of the molecule is COc1ccc(-c2cc(-c3cccs3)nc(OC(/C(N)=N/NN)c3ccccc3)c2C#N)cc1. The maximum Gasteiger partial charge on any atom is 0.234 e. The Balaban J connectivity index is 1.88. The van der Waals surface area contributed by atoms with Crippen molar-refractivity contribution in [1.29, 1.82) is 5.26 Å². The second-order valence-corrected chi connectivity index (χ2v) is 8.07. The van der Waals surface area contributed by atoms with Crippen LogP contribution in [0.15, 0.2) is 83.3 Å². The van der Waals surface area contributed by atoms with Gasteiger partial charge in [0, 0.05) is 11.1 Å². The number of amidine groups is 1. The molecule has 170 valence electrons. The van der Waals surface area contributed by atoms with Gasteiger partial charge in [-0.2, -0.15) is 5.26 Å². The molecule has 34 heavy (non-hydrogen) atoms. The monoisotopic (exact) mass is 470 g/mol. The summed E-state index contributed by atoms with van der Waals surface area (Å²) in [6, 6.07) is 24.8. The molecule has 0 saturated heterocycles. The molecule has 9 heteroatoms. The molecular weight excluding hydrogens is 448 g/mol. The molecular formula is C25H22N6O2S. The zero-order chi connectivity index (χ0) is 23.9. The number of benzene rings is 2. The van der Waals surface area contributed by atoms with Crippen LogP contribution >= 0.6 is 11.3 Å². The minimum absolute atomic E-state index is 0.0897. The number of ether oxygens (including phenoxy) is 2. The minimum atomic E-state index is -0.820. The van der Waals surface area contributed by atoms with E-state index in [1.807, 2.05) is 78.2 Å². The number of nitrogens with zero attached hydrogens (tertiary/aromatic N) is 3. The average molecular weight is 471 g/mol. The van der Waals surface area contributed by atoms with Crippen molar-refractivity contribution in [2.75, 3.05) is 7.11 Å². The molecule has 0 saturated carbocycles. The molecule has 4 rings (SSSR count). The molecule has 1 atom stereocenters. The molecule has 2 aromatic carbocycles. The maximum absolute atomic E-state index is 10.1. The average Bonchev–Trinajstić information content (AvgIpc) is 3.42. The summed E-state index contributed by atoms with van der Waals surface area (Å²) in [5, 5.41) is 16.0. The van der Waals surface area contributed by atoms with Gasteiger partial charge in [0.2, 0.25) is 5.88 Å². The Kier molecular flexibility index (Phi) is 7.03. The Morgan fingerprint density at radius 2 is 1.88 bits per heavy atom. The summed E-state index contributed by atoms with van der Waals surface area (Å²) in [6.45, 7) is 0. The van der Waals surface area contributed by atoms with E-state index in [2.05, 4.69) is 16.7 Å². The second kappa shape index (κ2) is 10.5. The van der Waals surface area contributed by atoms with Gasteiger partial charge in [-0.15, -0.1) is 16.4 Å². The van der Waals surface area contributed by atoms with E-state index in [1.165, 1.54) is 0 Å². The summed E-state index contributed by atoms with van der Waals surface area (Å²) in [5.74, 6) is 6.30. The highest BCUT2D eigenvalue weighted by Crippen LogP contribution is 2.37. The predicted molar refractivity (Wildman–Crippen MR) is 133 cm³/mol. The molecule has 0 bridgehead atoms. The lowest BCUT2D eigenvalue weighted by atomic mass is 10.00. The van der Waals surface area contributed by atoms with Crippen LogP contribution in [0.2, 0.25) is 0 Å². The van der Waals surface area contributed by atoms with E-state index >= 15 is 0 Å². The van der Waals surface area contributed by atoms with Crippen LogP contribution in [-0.4, -0.2) is 17.9 Å². The summed E-state index contributed by atoms with van der Waals surface area (Å²) in [6.07, 6.45) is -0.820. The van der Waals surface area contributed by atoms with Crippen LogP contribution in [0.4, 0.5) is 0 Å². The Bertz CT molecular complexity index is 1320. The van der Waals surface area contributed by atoms with Crippen molar-refractivity contribution < 1.29 is 9.47 Å². The van der Waals surface area contributed by atoms with E-state index < -0.39 is 6.10 Å². The number of hydrogen-bond donors (Lipinski definition) is 3. The minimum Gasteiger partial charge on any atom is -0.497 e. The standard InChI is InChI=1S/C25H22N6O2S/c1-32-18-11-9-16(10-12-18)19-14-21(22-8-5-13-34-22)29-25(20(19)15-26)33-23(24(27)30-31-28)17-6-3-2-4-7-17/h2-14,23,31H,28H2,1H3,(H2,27,30). The first-order valence-electron chi connectivity index (χ1n) is 10.3. The molecule has 0 aliphatic carbocycles. The summed E-state index contributed by atoms with van der Waals surface area (Å²) in [7, 11) is 1.61. The van der Waals surface area contributed by atoms with E-state index in [1.54, 1.807) is 18.4 Å². The van der Waals surface area contributed by atoms with Crippen LogP contribution in [0, 0.1) is 11.3 Å². The predicted octanol–water partition coefficient (Wildman–Crippen LogP) is 4.21. The Morgan fingerprint density at radius 1 is 1.12 bits per heavy atom. The van der Waals surface area contributed by atoms with Crippen LogP contribution in [0.5, 0.6) is 11.6 Å². The fourth-order valence-electron chi connectivity index (χ4n) is 3.44. The summed E-state index contributed by atoms with van der Waals surface area (Å²) >= 11 is 1.54. The van der Waals surface area contributed by atoms with Gasteiger partial charge in [-0.3, -0.25) is 0 Å². The lowest BCUT2D eigenvalue weighted by Crippen LogP contribution is -2.31. The Labute approximate surface area is 201 Å². The number of nitriles is 1. The van der Waals surface area contributed by atoms with Gasteiger partial charge in [-0.25, -0.2) is 16.4 Å². The first-order valence-corrected chi connectivity index (χ1v) is 11.2. The highest BCUT2D eigenvalue weighted by atomic mass is 32.1. The van der Waals surface area contributed by atoms with E-state index in [9.17, 15) is 5.26 Å². The zero-order valence-corrected chi connectivity index (χ0v) is 19.1. The summed E-state index contributed by atoms with van der Waals surface area (Å²) < 4.78 is 11.6. The lowest BCUT2D eigenvalue weighted by molar-refractivity contribution is 0.259. The third-order valence-corrected chi connectivity index (χ3v) is 5.96. The highest BCUT2D eigenvalue weighted by molar-refractivity contribution is 7.13.